The van der Waals surface area contributed by atoms with E-state index in [0.717, 1.165) is 13.1 Å². The summed E-state index contributed by atoms with van der Waals surface area (Å²) in [6.45, 7) is 10.3. The molecule has 0 saturated heterocycles. The van der Waals surface area contributed by atoms with Gasteiger partial charge in [0, 0.05) is 26.2 Å². The molecule has 0 aromatic carbocycles. The first-order valence-corrected chi connectivity index (χ1v) is 5.33. The minimum absolute atomic E-state index is 0.202. The van der Waals surface area contributed by atoms with Crippen LogP contribution in [0.25, 0.3) is 0 Å². The lowest BCUT2D eigenvalue weighted by Gasteiger charge is -1.92. The topological polar surface area (TPSA) is 122 Å². The molecule has 0 spiro atoms. The van der Waals surface area contributed by atoms with Crippen molar-refractivity contribution in [1.82, 2.24) is 10.6 Å². The van der Waals surface area contributed by atoms with Gasteiger partial charge in [-0.15, -0.1) is 13.2 Å². The highest BCUT2D eigenvalue weighted by Crippen LogP contribution is 1.57. The molecule has 6 N–H and O–H groups in total. The quantitative estimate of drug-likeness (QED) is 0.263. The van der Waals surface area contributed by atoms with Gasteiger partial charge in [-0.3, -0.25) is 0 Å². The number of aliphatic hydroxyl groups is 2. The van der Waals surface area contributed by atoms with Crippen molar-refractivity contribution in [2.75, 3.05) is 39.4 Å². The van der Waals surface area contributed by atoms with E-state index in [9.17, 15) is 0 Å². The molecule has 0 aromatic heterocycles. The molecule has 0 aliphatic carbocycles. The largest absolute Gasteiger partial charge is 0.503 e. The Labute approximate surface area is 107 Å². The monoisotopic (exact) mass is 264 g/mol. The molecular formula is C11H24N2O5. The molecule has 0 heterocycles. The fraction of sp³-hybridized carbons (Fsp3) is 0.545. The molecule has 7 heteroatoms. The van der Waals surface area contributed by atoms with Crippen molar-refractivity contribution in [2.24, 2.45) is 0 Å². The maximum absolute atomic E-state index is 8.56. The van der Waals surface area contributed by atoms with Crippen LogP contribution in [-0.4, -0.2) is 66.0 Å². The van der Waals surface area contributed by atoms with Crippen LogP contribution in [0, 0.1) is 0 Å². The molecule has 0 atom stereocenters. The van der Waals surface area contributed by atoms with E-state index in [2.05, 4.69) is 23.8 Å². The number of nitrogens with one attached hydrogen (secondary N) is 2. The van der Waals surface area contributed by atoms with Gasteiger partial charge in [0.1, 0.15) is 0 Å². The van der Waals surface area contributed by atoms with Crippen LogP contribution < -0.4 is 10.6 Å². The van der Waals surface area contributed by atoms with Crippen LogP contribution >= 0.6 is 0 Å². The first-order valence-electron chi connectivity index (χ1n) is 5.33. The van der Waals surface area contributed by atoms with Gasteiger partial charge in [-0.2, -0.15) is 0 Å². The van der Waals surface area contributed by atoms with E-state index in [0.29, 0.717) is 13.1 Å². The number of hydrogen-bond acceptors (Lipinski definition) is 5. The van der Waals surface area contributed by atoms with Crippen LogP contribution in [0.4, 0.5) is 4.79 Å². The average molecular weight is 264 g/mol. The van der Waals surface area contributed by atoms with Gasteiger partial charge in [-0.05, 0) is 0 Å². The SMILES string of the molecule is C=CCNCCO.C=CCNCCO.O=C(O)O. The van der Waals surface area contributed by atoms with Crippen LogP contribution in [0.3, 0.4) is 0 Å². The lowest BCUT2D eigenvalue weighted by Crippen LogP contribution is -2.17. The van der Waals surface area contributed by atoms with Crippen molar-refractivity contribution in [3.8, 4) is 0 Å². The molecule has 0 radical (unpaired) electrons. The van der Waals surface area contributed by atoms with E-state index in [1.807, 2.05) is 0 Å². The number of rotatable bonds is 8. The zero-order valence-corrected chi connectivity index (χ0v) is 10.5. The lowest BCUT2D eigenvalue weighted by molar-refractivity contribution is 0.137. The number of carboxylic acid groups (broad SMARTS) is 2. The van der Waals surface area contributed by atoms with Gasteiger partial charge in [0.25, 0.3) is 0 Å². The van der Waals surface area contributed by atoms with Crippen LogP contribution in [-0.2, 0) is 0 Å². The third kappa shape index (κ3) is 62.0. The second-order valence-corrected chi connectivity index (χ2v) is 2.72. The van der Waals surface area contributed by atoms with Gasteiger partial charge in [0.15, 0.2) is 0 Å². The summed E-state index contributed by atoms with van der Waals surface area (Å²) in [4.78, 5) is 8.56. The molecule has 0 aromatic rings. The summed E-state index contributed by atoms with van der Waals surface area (Å²) in [5.41, 5.74) is 0. The van der Waals surface area contributed by atoms with Crippen LogP contribution in [0.5, 0.6) is 0 Å². The zero-order chi connectivity index (χ0) is 14.6. The van der Waals surface area contributed by atoms with Gasteiger partial charge in [0.05, 0.1) is 13.2 Å². The lowest BCUT2D eigenvalue weighted by atomic mass is 10.6. The van der Waals surface area contributed by atoms with Crippen molar-refractivity contribution in [3.05, 3.63) is 25.3 Å². The Morgan fingerprint density at radius 2 is 1.22 bits per heavy atom. The van der Waals surface area contributed by atoms with Crippen LogP contribution in [0.15, 0.2) is 25.3 Å². The molecule has 0 aliphatic rings. The molecule has 0 fully saturated rings. The summed E-state index contributed by atoms with van der Waals surface area (Å²) < 4.78 is 0. The maximum Gasteiger partial charge on any atom is 0.503 e. The standard InChI is InChI=1S/2C5H11NO.CH2O3/c2*1-2-3-6-4-5-7;2-1(3)4/h2*2,6-7H,1,3-5H2;(H2,2,3,4). The Kier molecular flexibility index (Phi) is 30.0. The third-order valence-electron chi connectivity index (χ3n) is 1.15. The fourth-order valence-corrected chi connectivity index (χ4v) is 0.566. The summed E-state index contributed by atoms with van der Waals surface area (Å²) in [7, 11) is 0. The summed E-state index contributed by atoms with van der Waals surface area (Å²) in [6.07, 6.45) is 1.69. The summed E-state index contributed by atoms with van der Waals surface area (Å²) in [6, 6.07) is 0. The molecule has 18 heavy (non-hydrogen) atoms. The second kappa shape index (κ2) is 24.7. The highest BCUT2D eigenvalue weighted by atomic mass is 16.6. The maximum atomic E-state index is 8.56. The molecule has 7 nitrogen and oxygen atoms in total. The summed E-state index contributed by atoms with van der Waals surface area (Å²) >= 11 is 0. The molecule has 0 aliphatic heterocycles. The third-order valence-corrected chi connectivity index (χ3v) is 1.15. The van der Waals surface area contributed by atoms with Crippen molar-refractivity contribution >= 4 is 6.16 Å². The van der Waals surface area contributed by atoms with E-state index in [4.69, 9.17) is 25.2 Å². The highest BCUT2D eigenvalue weighted by molar-refractivity contribution is 5.53. The zero-order valence-electron chi connectivity index (χ0n) is 10.5. The number of hydrogen-bond donors (Lipinski definition) is 6. The minimum atomic E-state index is -1.83. The molecule has 0 rings (SSSR count). The van der Waals surface area contributed by atoms with Gasteiger partial charge < -0.3 is 31.1 Å². The first kappa shape index (κ1) is 21.8. The highest BCUT2D eigenvalue weighted by Gasteiger charge is 1.75. The second-order valence-electron chi connectivity index (χ2n) is 2.72. The molecule has 0 bridgehead atoms. The van der Waals surface area contributed by atoms with Crippen molar-refractivity contribution in [3.63, 3.8) is 0 Å². The Morgan fingerprint density at radius 3 is 1.39 bits per heavy atom. The van der Waals surface area contributed by atoms with E-state index in [-0.39, 0.29) is 13.2 Å². The molecule has 0 saturated carbocycles. The van der Waals surface area contributed by atoms with Crippen molar-refractivity contribution in [2.45, 2.75) is 0 Å². The molecular weight excluding hydrogens is 240 g/mol. The van der Waals surface area contributed by atoms with Gasteiger partial charge in [-0.25, -0.2) is 4.79 Å². The average Bonchev–Trinajstić information content (AvgIpc) is 2.31. The van der Waals surface area contributed by atoms with E-state index < -0.39 is 6.16 Å². The van der Waals surface area contributed by atoms with E-state index in [1.54, 1.807) is 12.2 Å². The number of aliphatic hydroxyl groups excluding tert-OH is 2. The van der Waals surface area contributed by atoms with Gasteiger partial charge in [-0.1, -0.05) is 12.2 Å². The van der Waals surface area contributed by atoms with Gasteiger partial charge in [0.2, 0.25) is 0 Å². The van der Waals surface area contributed by atoms with E-state index in [1.165, 1.54) is 0 Å². The molecule has 0 amide bonds. The molecule has 0 unspecified atom stereocenters. The fourth-order valence-electron chi connectivity index (χ4n) is 0.566. The normalized spacial score (nSPS) is 8.11. The van der Waals surface area contributed by atoms with Gasteiger partial charge >= 0.3 is 6.16 Å². The Bertz CT molecular complexity index is 170. The van der Waals surface area contributed by atoms with E-state index >= 15 is 0 Å². The Hall–Kier alpha value is -1.41. The van der Waals surface area contributed by atoms with Crippen LogP contribution in [0.2, 0.25) is 0 Å². The predicted molar refractivity (Wildman–Crippen MR) is 71.0 cm³/mol. The summed E-state index contributed by atoms with van der Waals surface area (Å²) in [5, 5.41) is 36.2. The first-order chi connectivity index (χ1) is 8.56. The smallest absolute Gasteiger partial charge is 0.450 e. The number of carbonyl (C=O) groups is 1. The predicted octanol–water partition coefficient (Wildman–Crippen LogP) is -0.269. The minimum Gasteiger partial charge on any atom is -0.450 e. The van der Waals surface area contributed by atoms with Crippen molar-refractivity contribution in [1.29, 1.82) is 0 Å². The Morgan fingerprint density at radius 1 is 0.944 bits per heavy atom. The molecule has 108 valence electrons. The van der Waals surface area contributed by atoms with Crippen LogP contribution in [0.1, 0.15) is 0 Å². The van der Waals surface area contributed by atoms with Crippen molar-refractivity contribution < 1.29 is 25.2 Å². The Balaban J connectivity index is -0.000000196. The summed E-state index contributed by atoms with van der Waals surface area (Å²) in [5.74, 6) is 0.